The van der Waals surface area contributed by atoms with E-state index in [4.69, 9.17) is 16.6 Å². The molecule has 7 nitrogen and oxygen atoms in total. The molecule has 170 valence electrons. The van der Waals surface area contributed by atoms with Gasteiger partial charge < -0.3 is 15.5 Å². The van der Waals surface area contributed by atoms with Crippen LogP contribution in [-0.4, -0.2) is 53.7 Å². The molecule has 0 saturated heterocycles. The van der Waals surface area contributed by atoms with Crippen molar-refractivity contribution in [1.82, 2.24) is 25.3 Å². The van der Waals surface area contributed by atoms with Crippen molar-refractivity contribution >= 4 is 47.4 Å². The average molecular weight is 559 g/mol. The maximum absolute atomic E-state index is 12.8. The van der Waals surface area contributed by atoms with Crippen molar-refractivity contribution in [2.75, 3.05) is 27.2 Å². The summed E-state index contributed by atoms with van der Waals surface area (Å²) in [5, 5.41) is 11.8. The molecule has 0 bridgehead atoms. The van der Waals surface area contributed by atoms with Gasteiger partial charge in [-0.15, -0.1) is 24.0 Å². The SMILES string of the molecule is CCNC(=NCc1cnn(-c2ccc(Cl)cc2)c1)NCC1(C(=O)N(C)C)CCCC1.I. The molecule has 1 aliphatic rings. The Labute approximate surface area is 206 Å². The number of aliphatic imine (C=N–C) groups is 1. The van der Waals surface area contributed by atoms with E-state index >= 15 is 0 Å². The van der Waals surface area contributed by atoms with Crippen LogP contribution in [0, 0.1) is 5.41 Å². The van der Waals surface area contributed by atoms with E-state index in [-0.39, 0.29) is 35.3 Å². The molecule has 1 saturated carbocycles. The van der Waals surface area contributed by atoms with Gasteiger partial charge in [-0.3, -0.25) is 4.79 Å². The van der Waals surface area contributed by atoms with Gasteiger partial charge in [0.25, 0.3) is 0 Å². The van der Waals surface area contributed by atoms with Crippen molar-refractivity contribution in [3.63, 3.8) is 0 Å². The van der Waals surface area contributed by atoms with Crippen molar-refractivity contribution < 1.29 is 4.79 Å². The summed E-state index contributed by atoms with van der Waals surface area (Å²) in [4.78, 5) is 19.2. The number of halogens is 2. The van der Waals surface area contributed by atoms with E-state index in [1.165, 1.54) is 0 Å². The molecular formula is C22H32ClIN6O. The van der Waals surface area contributed by atoms with Crippen molar-refractivity contribution in [3.05, 3.63) is 47.2 Å². The largest absolute Gasteiger partial charge is 0.357 e. The molecule has 1 heterocycles. The van der Waals surface area contributed by atoms with Gasteiger partial charge in [0.15, 0.2) is 5.96 Å². The van der Waals surface area contributed by atoms with Gasteiger partial charge in [-0.25, -0.2) is 9.67 Å². The van der Waals surface area contributed by atoms with Crippen LogP contribution in [0.2, 0.25) is 5.02 Å². The lowest BCUT2D eigenvalue weighted by Gasteiger charge is -2.31. The van der Waals surface area contributed by atoms with Gasteiger partial charge in [0, 0.05) is 44.0 Å². The lowest BCUT2D eigenvalue weighted by Crippen LogP contribution is -2.49. The molecule has 1 aromatic carbocycles. The standard InChI is InChI=1S/C22H31ClN6O.HI/c1-4-24-21(26-16-22(11-5-6-12-22)20(30)28(2)3)25-13-17-14-27-29(15-17)19-9-7-18(23)8-10-19;/h7-10,14-15H,4-6,11-13,16H2,1-3H3,(H2,24,25,26);1H. The summed E-state index contributed by atoms with van der Waals surface area (Å²) in [5.41, 5.74) is 1.62. The fourth-order valence-corrected chi connectivity index (χ4v) is 4.06. The zero-order valence-electron chi connectivity index (χ0n) is 18.4. The molecule has 0 spiro atoms. The molecule has 2 N–H and O–H groups in total. The van der Waals surface area contributed by atoms with E-state index in [1.807, 2.05) is 62.4 Å². The Morgan fingerprint density at radius 3 is 2.52 bits per heavy atom. The minimum Gasteiger partial charge on any atom is -0.357 e. The van der Waals surface area contributed by atoms with Crippen LogP contribution in [0.5, 0.6) is 0 Å². The number of hydrogen-bond acceptors (Lipinski definition) is 3. The molecule has 0 radical (unpaired) electrons. The molecule has 9 heteroatoms. The highest BCUT2D eigenvalue weighted by molar-refractivity contribution is 14.0. The molecule has 2 aromatic rings. The monoisotopic (exact) mass is 558 g/mol. The third kappa shape index (κ3) is 6.58. The first-order valence-corrected chi connectivity index (χ1v) is 10.8. The van der Waals surface area contributed by atoms with E-state index in [0.717, 1.165) is 49.4 Å². The van der Waals surface area contributed by atoms with Crippen molar-refractivity contribution in [3.8, 4) is 5.69 Å². The number of nitrogens with zero attached hydrogens (tertiary/aromatic N) is 4. The van der Waals surface area contributed by atoms with Gasteiger partial charge in [-0.1, -0.05) is 24.4 Å². The molecule has 3 rings (SSSR count). The Balaban J connectivity index is 0.00000341. The lowest BCUT2D eigenvalue weighted by atomic mass is 9.84. The molecule has 0 aliphatic heterocycles. The summed E-state index contributed by atoms with van der Waals surface area (Å²) >= 11 is 5.96. The maximum atomic E-state index is 12.8. The van der Waals surface area contributed by atoms with Crippen LogP contribution in [0.1, 0.15) is 38.2 Å². The zero-order valence-corrected chi connectivity index (χ0v) is 21.5. The third-order valence-electron chi connectivity index (χ3n) is 5.51. The first kappa shape index (κ1) is 25.5. The van der Waals surface area contributed by atoms with Crippen molar-refractivity contribution in [2.24, 2.45) is 10.4 Å². The second kappa shape index (κ2) is 11.7. The normalized spacial score (nSPS) is 15.3. The first-order valence-electron chi connectivity index (χ1n) is 10.5. The first-order chi connectivity index (χ1) is 14.4. The molecule has 1 aromatic heterocycles. The number of carbonyl (C=O) groups is 1. The molecule has 0 unspecified atom stereocenters. The highest BCUT2D eigenvalue weighted by Crippen LogP contribution is 2.38. The second-order valence-electron chi connectivity index (χ2n) is 8.01. The third-order valence-corrected chi connectivity index (χ3v) is 5.76. The Hall–Kier alpha value is -1.81. The van der Waals surface area contributed by atoms with Crippen LogP contribution in [0.25, 0.3) is 5.69 Å². The van der Waals surface area contributed by atoms with Crippen LogP contribution in [0.15, 0.2) is 41.7 Å². The highest BCUT2D eigenvalue weighted by Gasteiger charge is 2.42. The number of guanidine groups is 1. The summed E-state index contributed by atoms with van der Waals surface area (Å²) in [5.74, 6) is 0.919. The minimum atomic E-state index is -0.334. The number of aromatic nitrogens is 2. The molecule has 1 amide bonds. The summed E-state index contributed by atoms with van der Waals surface area (Å²) in [6, 6.07) is 7.54. The Kier molecular flexibility index (Phi) is 9.61. The number of benzene rings is 1. The summed E-state index contributed by atoms with van der Waals surface area (Å²) in [6.45, 7) is 3.88. The van der Waals surface area contributed by atoms with Gasteiger partial charge in [0.2, 0.25) is 5.91 Å². The van der Waals surface area contributed by atoms with Crippen LogP contribution >= 0.6 is 35.6 Å². The van der Waals surface area contributed by atoms with Gasteiger partial charge in [-0.2, -0.15) is 5.10 Å². The van der Waals surface area contributed by atoms with Gasteiger partial charge in [0.1, 0.15) is 0 Å². The predicted molar refractivity (Wildman–Crippen MR) is 136 cm³/mol. The number of carbonyl (C=O) groups excluding carboxylic acids is 1. The number of hydrogen-bond donors (Lipinski definition) is 2. The number of amides is 1. The van der Waals surface area contributed by atoms with E-state index in [1.54, 1.807) is 4.90 Å². The zero-order chi connectivity index (χ0) is 21.6. The fraction of sp³-hybridized carbons (Fsp3) is 0.500. The Morgan fingerprint density at radius 2 is 1.90 bits per heavy atom. The van der Waals surface area contributed by atoms with Crippen LogP contribution in [0.3, 0.4) is 0 Å². The van der Waals surface area contributed by atoms with E-state index in [2.05, 4.69) is 15.7 Å². The van der Waals surface area contributed by atoms with E-state index in [9.17, 15) is 4.79 Å². The Morgan fingerprint density at radius 1 is 1.23 bits per heavy atom. The van der Waals surface area contributed by atoms with Crippen LogP contribution in [0.4, 0.5) is 0 Å². The molecular weight excluding hydrogens is 527 g/mol. The van der Waals surface area contributed by atoms with Gasteiger partial charge >= 0.3 is 0 Å². The van der Waals surface area contributed by atoms with Crippen LogP contribution in [-0.2, 0) is 11.3 Å². The number of nitrogens with one attached hydrogen (secondary N) is 2. The summed E-state index contributed by atoms with van der Waals surface area (Å²) < 4.78 is 1.81. The lowest BCUT2D eigenvalue weighted by molar-refractivity contribution is -0.138. The highest BCUT2D eigenvalue weighted by atomic mass is 127. The molecule has 1 aliphatic carbocycles. The summed E-state index contributed by atoms with van der Waals surface area (Å²) in [7, 11) is 3.67. The Bertz CT molecular complexity index is 874. The van der Waals surface area contributed by atoms with Gasteiger partial charge in [-0.05, 0) is 44.0 Å². The average Bonchev–Trinajstić information content (AvgIpc) is 3.40. The topological polar surface area (TPSA) is 74.5 Å². The second-order valence-corrected chi connectivity index (χ2v) is 8.44. The predicted octanol–water partition coefficient (Wildman–Crippen LogP) is 3.85. The fourth-order valence-electron chi connectivity index (χ4n) is 3.93. The quantitative estimate of drug-likeness (QED) is 0.308. The number of rotatable bonds is 7. The molecule has 1 fully saturated rings. The van der Waals surface area contributed by atoms with Gasteiger partial charge in [0.05, 0.1) is 23.8 Å². The smallest absolute Gasteiger partial charge is 0.230 e. The van der Waals surface area contributed by atoms with Crippen molar-refractivity contribution in [2.45, 2.75) is 39.2 Å². The van der Waals surface area contributed by atoms with Crippen molar-refractivity contribution in [1.29, 1.82) is 0 Å². The molecule has 0 atom stereocenters. The summed E-state index contributed by atoms with van der Waals surface area (Å²) in [6.07, 6.45) is 7.81. The van der Waals surface area contributed by atoms with E-state index < -0.39 is 0 Å². The van der Waals surface area contributed by atoms with E-state index in [0.29, 0.717) is 18.1 Å². The molecule has 31 heavy (non-hydrogen) atoms. The maximum Gasteiger partial charge on any atom is 0.230 e. The minimum absolute atomic E-state index is 0. The van der Waals surface area contributed by atoms with Crippen LogP contribution < -0.4 is 10.6 Å².